The zero-order valence-electron chi connectivity index (χ0n) is 10.9. The summed E-state index contributed by atoms with van der Waals surface area (Å²) in [7, 11) is 0. The number of carboxylic acid groups (broad SMARTS) is 1. The number of hydrogen-bond donors (Lipinski definition) is 1. The Morgan fingerprint density at radius 3 is 1.94 bits per heavy atom. The van der Waals surface area contributed by atoms with E-state index in [1.54, 1.807) is 0 Å². The number of hydrogen-bond acceptors (Lipinski definition) is 2. The van der Waals surface area contributed by atoms with Gasteiger partial charge in [-0.1, -0.05) is 40.0 Å². The first-order valence-corrected chi connectivity index (χ1v) is 6.52. The van der Waals surface area contributed by atoms with E-state index in [-0.39, 0.29) is 0 Å². The highest BCUT2D eigenvalue weighted by Crippen LogP contribution is 2.26. The molecule has 1 rings (SSSR count). The van der Waals surface area contributed by atoms with E-state index in [0.29, 0.717) is 18.6 Å². The highest BCUT2D eigenvalue weighted by Gasteiger charge is 2.34. The summed E-state index contributed by atoms with van der Waals surface area (Å²) in [5, 5.41) is 8.21. The number of carbonyl (C=O) groups is 1. The van der Waals surface area contributed by atoms with Crippen LogP contribution < -0.4 is 0 Å². The van der Waals surface area contributed by atoms with Crippen LogP contribution in [0.1, 0.15) is 65.7 Å². The van der Waals surface area contributed by atoms with Crippen molar-refractivity contribution in [2.75, 3.05) is 0 Å². The van der Waals surface area contributed by atoms with E-state index < -0.39 is 5.97 Å². The van der Waals surface area contributed by atoms with Gasteiger partial charge in [0.25, 0.3) is 0 Å². The first-order valence-electron chi connectivity index (χ1n) is 6.52. The van der Waals surface area contributed by atoms with E-state index >= 15 is 0 Å². The highest BCUT2D eigenvalue weighted by molar-refractivity contribution is 5.66. The lowest BCUT2D eigenvalue weighted by molar-refractivity contribution is -0.137. The predicted molar refractivity (Wildman–Crippen MR) is 65.6 cm³/mol. The summed E-state index contributed by atoms with van der Waals surface area (Å²) in [6.07, 6.45) is 8.17. The summed E-state index contributed by atoms with van der Waals surface area (Å²) in [6, 6.07) is 0. The summed E-state index contributed by atoms with van der Waals surface area (Å²) in [5.74, 6) is -0.675. The number of aliphatic carboxylic acids is 1. The maximum absolute atomic E-state index is 9.96. The van der Waals surface area contributed by atoms with Gasteiger partial charge in [0.2, 0.25) is 0 Å². The lowest BCUT2D eigenvalue weighted by atomic mass is 10.2. The molecule has 1 aliphatic rings. The van der Waals surface area contributed by atoms with Crippen LogP contribution in [0.2, 0.25) is 0 Å². The molecule has 0 aromatic rings. The molecular formula is C13H26O3. The van der Waals surface area contributed by atoms with Crippen LogP contribution in [0.3, 0.4) is 0 Å². The Balaban J connectivity index is 0.000000288. The second-order valence-corrected chi connectivity index (χ2v) is 4.23. The van der Waals surface area contributed by atoms with Crippen LogP contribution in [-0.2, 0) is 9.53 Å². The average molecular weight is 230 g/mol. The number of epoxide rings is 1. The molecule has 1 saturated heterocycles. The van der Waals surface area contributed by atoms with Crippen molar-refractivity contribution in [1.29, 1.82) is 0 Å². The van der Waals surface area contributed by atoms with Crippen LogP contribution in [-0.4, -0.2) is 23.3 Å². The first-order chi connectivity index (χ1) is 7.65. The molecule has 1 heterocycles. The van der Waals surface area contributed by atoms with Gasteiger partial charge in [-0.2, -0.15) is 0 Å². The Labute approximate surface area is 99.2 Å². The van der Waals surface area contributed by atoms with E-state index in [4.69, 9.17) is 9.84 Å². The predicted octanol–water partition coefficient (Wildman–Crippen LogP) is 3.62. The first kappa shape index (κ1) is 15.4. The molecule has 2 atom stereocenters. The molecule has 0 radical (unpaired) electrons. The summed E-state index contributed by atoms with van der Waals surface area (Å²) in [4.78, 5) is 9.96. The lowest BCUT2D eigenvalue weighted by Gasteiger charge is -1.92. The number of rotatable bonds is 7. The molecule has 16 heavy (non-hydrogen) atoms. The molecule has 1 aliphatic heterocycles. The van der Waals surface area contributed by atoms with Gasteiger partial charge >= 0.3 is 5.97 Å². The van der Waals surface area contributed by atoms with Gasteiger partial charge in [-0.05, 0) is 19.3 Å². The van der Waals surface area contributed by atoms with Crippen molar-refractivity contribution in [2.24, 2.45) is 0 Å². The molecule has 3 heteroatoms. The number of carboxylic acids is 1. The molecule has 96 valence electrons. The third-order valence-corrected chi connectivity index (χ3v) is 2.74. The monoisotopic (exact) mass is 230 g/mol. The molecule has 0 bridgehead atoms. The minimum Gasteiger partial charge on any atom is -0.481 e. The van der Waals surface area contributed by atoms with Crippen LogP contribution in [0.15, 0.2) is 0 Å². The summed E-state index contributed by atoms with van der Waals surface area (Å²) >= 11 is 0. The van der Waals surface area contributed by atoms with Crippen LogP contribution >= 0.6 is 0 Å². The normalized spacial score (nSPS) is 22.2. The second-order valence-electron chi connectivity index (χ2n) is 4.23. The van der Waals surface area contributed by atoms with Crippen molar-refractivity contribution in [3.05, 3.63) is 0 Å². The van der Waals surface area contributed by atoms with Crippen molar-refractivity contribution in [3.8, 4) is 0 Å². The minimum absolute atomic E-state index is 0.333. The number of ether oxygens (including phenoxy) is 1. The zero-order valence-corrected chi connectivity index (χ0v) is 10.9. The van der Waals surface area contributed by atoms with Gasteiger partial charge in [0.1, 0.15) is 0 Å². The fourth-order valence-corrected chi connectivity index (χ4v) is 1.60. The van der Waals surface area contributed by atoms with Gasteiger partial charge in [0.15, 0.2) is 0 Å². The third kappa shape index (κ3) is 8.72. The number of unbranched alkanes of at least 4 members (excludes halogenated alkanes) is 3. The standard InChI is InChI=1S/C7H14O2.C6H12O/c1-2-3-4-5-6-7(8)9;1-3-5-6(4-2)7-5/h2-6H2,1H3,(H,8,9);5-6H,3-4H2,1-2H3. The molecule has 0 saturated carbocycles. The van der Waals surface area contributed by atoms with E-state index in [2.05, 4.69) is 20.8 Å². The van der Waals surface area contributed by atoms with E-state index in [1.165, 1.54) is 19.3 Å². The van der Waals surface area contributed by atoms with E-state index in [9.17, 15) is 4.79 Å². The highest BCUT2D eigenvalue weighted by atomic mass is 16.6. The van der Waals surface area contributed by atoms with Gasteiger partial charge in [0, 0.05) is 6.42 Å². The van der Waals surface area contributed by atoms with Crippen molar-refractivity contribution < 1.29 is 14.6 Å². The quantitative estimate of drug-likeness (QED) is 0.537. The van der Waals surface area contributed by atoms with Crippen molar-refractivity contribution in [1.82, 2.24) is 0 Å². The maximum Gasteiger partial charge on any atom is 0.303 e. The molecule has 2 unspecified atom stereocenters. The second kappa shape index (κ2) is 9.64. The molecule has 0 aromatic carbocycles. The molecule has 3 nitrogen and oxygen atoms in total. The van der Waals surface area contributed by atoms with Crippen LogP contribution in [0.5, 0.6) is 0 Å². The van der Waals surface area contributed by atoms with Crippen molar-refractivity contribution >= 4 is 5.97 Å². The van der Waals surface area contributed by atoms with E-state index in [0.717, 1.165) is 19.3 Å². The molecule has 0 spiro atoms. The van der Waals surface area contributed by atoms with Gasteiger partial charge in [-0.15, -0.1) is 0 Å². The van der Waals surface area contributed by atoms with Crippen LogP contribution in [0.4, 0.5) is 0 Å². The lowest BCUT2D eigenvalue weighted by Crippen LogP contribution is -1.92. The summed E-state index contributed by atoms with van der Waals surface area (Å²) in [5.41, 5.74) is 0. The maximum atomic E-state index is 9.96. The average Bonchev–Trinajstić information content (AvgIpc) is 3.03. The van der Waals surface area contributed by atoms with Gasteiger partial charge < -0.3 is 9.84 Å². The largest absolute Gasteiger partial charge is 0.481 e. The summed E-state index contributed by atoms with van der Waals surface area (Å²) in [6.45, 7) is 6.45. The van der Waals surface area contributed by atoms with Crippen molar-refractivity contribution in [3.63, 3.8) is 0 Å². The Morgan fingerprint density at radius 2 is 1.62 bits per heavy atom. The van der Waals surface area contributed by atoms with Gasteiger partial charge in [0.05, 0.1) is 12.2 Å². The van der Waals surface area contributed by atoms with Gasteiger partial charge in [-0.25, -0.2) is 0 Å². The SMILES string of the molecule is CCC1OC1CC.CCCCCCC(=O)O. The zero-order chi connectivity index (χ0) is 12.4. The molecule has 0 aliphatic carbocycles. The fourth-order valence-electron chi connectivity index (χ4n) is 1.60. The van der Waals surface area contributed by atoms with Crippen LogP contribution in [0, 0.1) is 0 Å². The third-order valence-electron chi connectivity index (χ3n) is 2.74. The summed E-state index contributed by atoms with van der Waals surface area (Å²) < 4.78 is 5.22. The minimum atomic E-state index is -0.675. The van der Waals surface area contributed by atoms with Crippen molar-refractivity contribution in [2.45, 2.75) is 77.9 Å². The molecule has 1 fully saturated rings. The Morgan fingerprint density at radius 1 is 1.06 bits per heavy atom. The van der Waals surface area contributed by atoms with E-state index in [1.807, 2.05) is 0 Å². The topological polar surface area (TPSA) is 49.8 Å². The molecule has 0 aromatic heterocycles. The molecule has 1 N–H and O–H groups in total. The van der Waals surface area contributed by atoms with Crippen LogP contribution in [0.25, 0.3) is 0 Å². The Kier molecular flexibility index (Phi) is 9.30. The fraction of sp³-hybridized carbons (Fsp3) is 0.923. The van der Waals surface area contributed by atoms with Gasteiger partial charge in [-0.3, -0.25) is 4.79 Å². The smallest absolute Gasteiger partial charge is 0.303 e. The molecular weight excluding hydrogens is 204 g/mol. The Hall–Kier alpha value is -0.570. The molecule has 0 amide bonds. The Bertz CT molecular complexity index is 172.